The molecule has 1 heterocycles. The normalized spacial score (nSPS) is 11.0. The van der Waals surface area contributed by atoms with Gasteiger partial charge >= 0.3 is 0 Å². The molecule has 1 N–H and O–H groups in total. The molecule has 4 heteroatoms. The fraction of sp³-hybridized carbons (Fsp3) is 0.381. The highest BCUT2D eigenvalue weighted by Gasteiger charge is 2.00. The molecule has 0 unspecified atom stereocenters. The summed E-state index contributed by atoms with van der Waals surface area (Å²) in [5.41, 5.74) is 2.30. The summed E-state index contributed by atoms with van der Waals surface area (Å²) in [4.78, 5) is 3.03. The molecular formula is C21H27Br2NO. The van der Waals surface area contributed by atoms with E-state index < -0.39 is 0 Å². The lowest BCUT2D eigenvalue weighted by Crippen LogP contribution is -3.00. The molecule has 0 aliphatic rings. The highest BCUT2D eigenvalue weighted by atomic mass is 79.9. The van der Waals surface area contributed by atoms with Crippen molar-refractivity contribution in [2.24, 2.45) is 0 Å². The SMILES string of the molecule is CCCCCCCCOc1ccc(/C=C(\Br)c2cc[nH+]cc2)cc1.[Br-]. The number of hydrogen-bond acceptors (Lipinski definition) is 1. The molecule has 0 spiro atoms. The fourth-order valence-corrected chi connectivity index (χ4v) is 3.04. The monoisotopic (exact) mass is 467 g/mol. The maximum atomic E-state index is 5.82. The van der Waals surface area contributed by atoms with Crippen LogP contribution < -0.4 is 26.7 Å². The molecule has 0 atom stereocenters. The standard InChI is InChI=1S/C21H26BrNO.BrH/c1-2-3-4-5-6-7-16-24-20-10-8-18(9-11-20)17-21(22)19-12-14-23-15-13-19;/h8-15,17H,2-7,16H2,1H3;1H/b21-17-;. The van der Waals surface area contributed by atoms with E-state index >= 15 is 0 Å². The van der Waals surface area contributed by atoms with Crippen LogP contribution in [0.25, 0.3) is 10.6 Å². The van der Waals surface area contributed by atoms with Crippen LogP contribution in [0.4, 0.5) is 0 Å². The third-order valence-corrected chi connectivity index (χ3v) is 4.62. The average Bonchev–Trinajstić information content (AvgIpc) is 2.63. The molecular weight excluding hydrogens is 442 g/mol. The van der Waals surface area contributed by atoms with Gasteiger partial charge < -0.3 is 21.7 Å². The molecule has 0 saturated heterocycles. The van der Waals surface area contributed by atoms with Gasteiger partial charge in [0.1, 0.15) is 5.75 Å². The lowest BCUT2D eigenvalue weighted by molar-refractivity contribution is -0.378. The number of aromatic nitrogens is 1. The van der Waals surface area contributed by atoms with E-state index in [0.717, 1.165) is 34.4 Å². The quantitative estimate of drug-likeness (QED) is 0.491. The van der Waals surface area contributed by atoms with E-state index in [9.17, 15) is 0 Å². The Morgan fingerprint density at radius 2 is 1.60 bits per heavy atom. The molecule has 2 nitrogen and oxygen atoms in total. The summed E-state index contributed by atoms with van der Waals surface area (Å²) in [5.74, 6) is 0.950. The molecule has 2 aromatic rings. The second-order valence-corrected chi connectivity index (χ2v) is 6.82. The van der Waals surface area contributed by atoms with Crippen molar-refractivity contribution in [3.8, 4) is 5.75 Å². The van der Waals surface area contributed by atoms with Crippen LogP contribution in [0, 0.1) is 0 Å². The molecule has 0 aliphatic carbocycles. The highest BCUT2D eigenvalue weighted by molar-refractivity contribution is 9.15. The molecule has 0 aliphatic heterocycles. The predicted molar refractivity (Wildman–Crippen MR) is 105 cm³/mol. The van der Waals surface area contributed by atoms with Crippen molar-refractivity contribution in [3.05, 3.63) is 59.9 Å². The summed E-state index contributed by atoms with van der Waals surface area (Å²) < 4.78 is 6.89. The van der Waals surface area contributed by atoms with Gasteiger partial charge in [-0.05, 0) is 30.2 Å². The van der Waals surface area contributed by atoms with Crippen LogP contribution in [0.1, 0.15) is 56.6 Å². The lowest BCUT2D eigenvalue weighted by atomic mass is 10.1. The maximum absolute atomic E-state index is 5.82. The summed E-state index contributed by atoms with van der Waals surface area (Å²) in [6.07, 6.45) is 13.7. The fourth-order valence-electron chi connectivity index (χ4n) is 2.51. The van der Waals surface area contributed by atoms with E-state index in [-0.39, 0.29) is 17.0 Å². The third-order valence-electron chi connectivity index (χ3n) is 3.93. The Hall–Kier alpha value is -1.13. The Balaban J connectivity index is 0.00000312. The van der Waals surface area contributed by atoms with Gasteiger partial charge in [-0.1, -0.05) is 67.1 Å². The largest absolute Gasteiger partial charge is 1.00 e. The van der Waals surface area contributed by atoms with E-state index in [1.54, 1.807) is 0 Å². The minimum atomic E-state index is 0. The number of hydrogen-bond donors (Lipinski definition) is 0. The van der Waals surface area contributed by atoms with Crippen LogP contribution in [-0.4, -0.2) is 6.61 Å². The number of rotatable bonds is 10. The zero-order chi connectivity index (χ0) is 17.0. The number of aromatic amines is 1. The average molecular weight is 469 g/mol. The van der Waals surface area contributed by atoms with Crippen LogP contribution in [0.15, 0.2) is 48.8 Å². The van der Waals surface area contributed by atoms with Crippen molar-refractivity contribution < 1.29 is 26.7 Å². The van der Waals surface area contributed by atoms with Gasteiger partial charge in [-0.2, -0.15) is 0 Å². The minimum Gasteiger partial charge on any atom is -1.00 e. The molecule has 0 saturated carbocycles. The predicted octanol–water partition coefficient (Wildman–Crippen LogP) is 3.14. The first kappa shape index (κ1) is 21.9. The molecule has 2 rings (SSSR count). The van der Waals surface area contributed by atoms with E-state index in [4.69, 9.17) is 4.74 Å². The van der Waals surface area contributed by atoms with E-state index in [0.29, 0.717) is 0 Å². The second-order valence-electron chi connectivity index (χ2n) is 5.97. The molecule has 25 heavy (non-hydrogen) atoms. The molecule has 0 fully saturated rings. The zero-order valence-electron chi connectivity index (χ0n) is 14.8. The van der Waals surface area contributed by atoms with E-state index in [1.165, 1.54) is 32.1 Å². The number of H-pyrrole nitrogens is 1. The van der Waals surface area contributed by atoms with Crippen molar-refractivity contribution in [2.75, 3.05) is 6.61 Å². The van der Waals surface area contributed by atoms with Gasteiger partial charge in [-0.15, -0.1) is 0 Å². The van der Waals surface area contributed by atoms with Gasteiger partial charge in [0.15, 0.2) is 12.4 Å². The Bertz CT molecular complexity index is 612. The summed E-state index contributed by atoms with van der Waals surface area (Å²) in [7, 11) is 0. The molecule has 0 radical (unpaired) electrons. The van der Waals surface area contributed by atoms with Gasteiger partial charge in [0.25, 0.3) is 0 Å². The first-order chi connectivity index (χ1) is 11.8. The van der Waals surface area contributed by atoms with Crippen LogP contribution in [0.5, 0.6) is 5.75 Å². The van der Waals surface area contributed by atoms with Crippen LogP contribution in [-0.2, 0) is 0 Å². The van der Waals surface area contributed by atoms with Gasteiger partial charge in [0, 0.05) is 22.2 Å². The van der Waals surface area contributed by atoms with Crippen molar-refractivity contribution in [1.82, 2.24) is 0 Å². The van der Waals surface area contributed by atoms with Crippen LogP contribution in [0.3, 0.4) is 0 Å². The Kier molecular flexibility index (Phi) is 11.5. The van der Waals surface area contributed by atoms with E-state index in [1.807, 2.05) is 36.7 Å². The minimum absolute atomic E-state index is 0. The summed E-state index contributed by atoms with van der Waals surface area (Å²) in [6, 6.07) is 12.3. The lowest BCUT2D eigenvalue weighted by Gasteiger charge is -2.06. The van der Waals surface area contributed by atoms with Gasteiger partial charge in [-0.25, -0.2) is 4.98 Å². The van der Waals surface area contributed by atoms with Crippen LogP contribution in [0.2, 0.25) is 0 Å². The Morgan fingerprint density at radius 1 is 0.960 bits per heavy atom. The zero-order valence-corrected chi connectivity index (χ0v) is 18.0. The summed E-state index contributed by atoms with van der Waals surface area (Å²) in [6.45, 7) is 3.06. The van der Waals surface area contributed by atoms with Gasteiger partial charge in [0.05, 0.1) is 6.61 Å². The second kappa shape index (κ2) is 13.1. The first-order valence-electron chi connectivity index (χ1n) is 8.86. The Labute approximate surface area is 170 Å². The molecule has 1 aromatic heterocycles. The number of benzene rings is 1. The molecule has 0 amide bonds. The smallest absolute Gasteiger partial charge is 0.167 e. The maximum Gasteiger partial charge on any atom is 0.167 e. The third kappa shape index (κ3) is 8.68. The van der Waals surface area contributed by atoms with Crippen molar-refractivity contribution in [3.63, 3.8) is 0 Å². The number of ether oxygens (including phenoxy) is 1. The number of pyridine rings is 1. The summed E-state index contributed by atoms with van der Waals surface area (Å²) >= 11 is 3.63. The number of nitrogens with one attached hydrogen (secondary N) is 1. The molecule has 0 bridgehead atoms. The summed E-state index contributed by atoms with van der Waals surface area (Å²) in [5, 5.41) is 0. The van der Waals surface area contributed by atoms with Gasteiger partial charge in [0.2, 0.25) is 0 Å². The molecule has 136 valence electrons. The number of unbranched alkanes of at least 4 members (excludes halogenated alkanes) is 5. The van der Waals surface area contributed by atoms with E-state index in [2.05, 4.69) is 46.0 Å². The topological polar surface area (TPSA) is 23.4 Å². The first-order valence-corrected chi connectivity index (χ1v) is 9.65. The van der Waals surface area contributed by atoms with Crippen molar-refractivity contribution >= 4 is 26.5 Å². The Morgan fingerprint density at radius 3 is 2.28 bits per heavy atom. The van der Waals surface area contributed by atoms with Gasteiger partial charge in [-0.3, -0.25) is 0 Å². The van der Waals surface area contributed by atoms with Crippen molar-refractivity contribution in [2.45, 2.75) is 45.4 Å². The van der Waals surface area contributed by atoms with Crippen molar-refractivity contribution in [1.29, 1.82) is 0 Å². The molecule has 1 aromatic carbocycles. The van der Waals surface area contributed by atoms with Crippen LogP contribution >= 0.6 is 15.9 Å². The highest BCUT2D eigenvalue weighted by Crippen LogP contribution is 2.24. The number of halogens is 2.